The quantitative estimate of drug-likeness (QED) is 0.847. The van der Waals surface area contributed by atoms with Gasteiger partial charge in [-0.1, -0.05) is 6.07 Å². The highest BCUT2D eigenvalue weighted by atomic mass is 19.1. The second kappa shape index (κ2) is 7.03. The maximum Gasteiger partial charge on any atom is 0.250 e. The molecule has 0 radical (unpaired) electrons. The smallest absolute Gasteiger partial charge is 0.250 e. The number of ether oxygens (including phenoxy) is 1. The Kier molecular flexibility index (Phi) is 4.59. The summed E-state index contributed by atoms with van der Waals surface area (Å²) in [5.41, 5.74) is 1.13. The third kappa shape index (κ3) is 3.05. The van der Waals surface area contributed by atoms with Crippen LogP contribution in [0.3, 0.4) is 0 Å². The molecule has 1 unspecified atom stereocenters. The van der Waals surface area contributed by atoms with Crippen LogP contribution in [0.25, 0.3) is 0 Å². The Morgan fingerprint density at radius 3 is 2.73 bits per heavy atom. The number of rotatable bonds is 3. The van der Waals surface area contributed by atoms with Gasteiger partial charge in [0, 0.05) is 37.6 Å². The Morgan fingerprint density at radius 2 is 1.96 bits per heavy atom. The first-order valence-corrected chi connectivity index (χ1v) is 9.01. The van der Waals surface area contributed by atoms with Crippen LogP contribution >= 0.6 is 0 Å². The van der Waals surface area contributed by atoms with E-state index in [0.29, 0.717) is 50.3 Å². The van der Waals surface area contributed by atoms with Gasteiger partial charge in [0.2, 0.25) is 5.91 Å². The summed E-state index contributed by atoms with van der Waals surface area (Å²) in [6.45, 7) is 1.17. The molecular formula is C20H21FN2O3. The van der Waals surface area contributed by atoms with E-state index in [2.05, 4.69) is 0 Å². The van der Waals surface area contributed by atoms with E-state index in [1.807, 2.05) is 0 Å². The van der Waals surface area contributed by atoms with Crippen molar-refractivity contribution in [3.05, 3.63) is 54.1 Å². The molecule has 1 saturated heterocycles. The average Bonchev–Trinajstić information content (AvgIpc) is 3.14. The summed E-state index contributed by atoms with van der Waals surface area (Å²) in [4.78, 5) is 27.3. The van der Waals surface area contributed by atoms with Crippen LogP contribution < -0.4 is 4.90 Å². The topological polar surface area (TPSA) is 51.5 Å². The summed E-state index contributed by atoms with van der Waals surface area (Å²) in [7, 11) is 0. The number of carbonyl (C=O) groups is 2. The first kappa shape index (κ1) is 17.0. The van der Waals surface area contributed by atoms with E-state index in [0.717, 1.165) is 0 Å². The van der Waals surface area contributed by atoms with Crippen LogP contribution in [-0.2, 0) is 9.53 Å². The highest BCUT2D eigenvalue weighted by Crippen LogP contribution is 2.32. The molecular weight excluding hydrogens is 335 g/mol. The summed E-state index contributed by atoms with van der Waals surface area (Å²) in [5.74, 6) is -0.400. The van der Waals surface area contributed by atoms with Gasteiger partial charge in [-0.15, -0.1) is 0 Å². The number of aromatic nitrogens is 1. The number of anilines is 1. The molecule has 1 fully saturated rings. The summed E-state index contributed by atoms with van der Waals surface area (Å²) >= 11 is 0. The molecule has 1 aromatic carbocycles. The second-order valence-corrected chi connectivity index (χ2v) is 6.81. The van der Waals surface area contributed by atoms with Crippen LogP contribution in [0.1, 0.15) is 42.2 Å². The van der Waals surface area contributed by atoms with Crippen molar-refractivity contribution in [2.24, 2.45) is 0 Å². The maximum atomic E-state index is 13.8. The monoisotopic (exact) mass is 356 g/mol. The van der Waals surface area contributed by atoms with E-state index in [1.54, 1.807) is 39.9 Å². The van der Waals surface area contributed by atoms with Crippen LogP contribution in [0.4, 0.5) is 10.1 Å². The van der Waals surface area contributed by atoms with Gasteiger partial charge in [-0.25, -0.2) is 4.39 Å². The molecule has 5 nitrogen and oxygen atoms in total. The highest BCUT2D eigenvalue weighted by molar-refractivity contribution is 6.01. The summed E-state index contributed by atoms with van der Waals surface area (Å²) in [5, 5.41) is 0. The molecule has 3 heterocycles. The zero-order valence-electron chi connectivity index (χ0n) is 14.4. The molecule has 136 valence electrons. The number of amides is 1. The van der Waals surface area contributed by atoms with Gasteiger partial charge in [0.25, 0.3) is 0 Å². The summed E-state index contributed by atoms with van der Waals surface area (Å²) in [6, 6.07) is 9.23. The lowest BCUT2D eigenvalue weighted by Crippen LogP contribution is -2.47. The van der Waals surface area contributed by atoms with Crippen LogP contribution in [0, 0.1) is 5.82 Å². The molecule has 2 aromatic rings. The van der Waals surface area contributed by atoms with E-state index in [9.17, 15) is 14.0 Å². The van der Waals surface area contributed by atoms with Gasteiger partial charge in [-0.05, 0) is 49.6 Å². The molecule has 4 rings (SSSR count). The van der Waals surface area contributed by atoms with Crippen molar-refractivity contribution in [3.8, 4) is 0 Å². The lowest BCUT2D eigenvalue weighted by molar-refractivity contribution is -0.123. The average molecular weight is 356 g/mol. The molecule has 2 aliphatic heterocycles. The van der Waals surface area contributed by atoms with E-state index in [1.165, 1.54) is 12.1 Å². The fourth-order valence-electron chi connectivity index (χ4n) is 3.93. The van der Waals surface area contributed by atoms with Crippen LogP contribution in [0.15, 0.2) is 42.6 Å². The predicted molar refractivity (Wildman–Crippen MR) is 94.8 cm³/mol. The Morgan fingerprint density at radius 1 is 1.15 bits per heavy atom. The highest BCUT2D eigenvalue weighted by Gasteiger charge is 2.36. The summed E-state index contributed by atoms with van der Waals surface area (Å²) in [6.07, 6.45) is 4.03. The molecule has 1 aromatic heterocycles. The molecule has 0 N–H and O–H groups in total. The van der Waals surface area contributed by atoms with E-state index < -0.39 is 6.04 Å². The maximum absolute atomic E-state index is 13.8. The number of fused-ring (bicyclic) bond motifs is 1. The minimum absolute atomic E-state index is 0.0327. The SMILES string of the molecule is O=C1CCC(C(=O)N(c2cccc(F)c2)C2CCOCC2)n2cccc21. The van der Waals surface area contributed by atoms with Crippen LogP contribution in [-0.4, -0.2) is 35.5 Å². The number of carbonyl (C=O) groups excluding carboxylic acids is 2. The molecule has 0 aliphatic carbocycles. The van der Waals surface area contributed by atoms with Crippen molar-refractivity contribution in [1.82, 2.24) is 4.57 Å². The van der Waals surface area contributed by atoms with Gasteiger partial charge >= 0.3 is 0 Å². The van der Waals surface area contributed by atoms with Crippen LogP contribution in [0.5, 0.6) is 0 Å². The Bertz CT molecular complexity index is 826. The number of Topliss-reactive ketones (excluding diaryl/α,β-unsaturated/α-hetero) is 1. The van der Waals surface area contributed by atoms with Crippen molar-refractivity contribution in [2.75, 3.05) is 18.1 Å². The number of hydrogen-bond donors (Lipinski definition) is 0. The van der Waals surface area contributed by atoms with Gasteiger partial charge in [-0.2, -0.15) is 0 Å². The Hall–Kier alpha value is -2.47. The first-order chi connectivity index (χ1) is 12.6. The normalized spacial score (nSPS) is 20.7. The van der Waals surface area contributed by atoms with E-state index in [-0.39, 0.29) is 23.5 Å². The molecule has 26 heavy (non-hydrogen) atoms. The van der Waals surface area contributed by atoms with Gasteiger partial charge in [0.1, 0.15) is 11.9 Å². The minimum atomic E-state index is -0.441. The number of halogens is 1. The largest absolute Gasteiger partial charge is 0.381 e. The van der Waals surface area contributed by atoms with Gasteiger partial charge < -0.3 is 14.2 Å². The predicted octanol–water partition coefficient (Wildman–Crippen LogP) is 3.36. The fraction of sp³-hybridized carbons (Fsp3) is 0.400. The van der Waals surface area contributed by atoms with Crippen molar-refractivity contribution < 1.29 is 18.7 Å². The molecule has 0 spiro atoms. The third-order valence-corrected chi connectivity index (χ3v) is 5.21. The minimum Gasteiger partial charge on any atom is -0.381 e. The van der Waals surface area contributed by atoms with Crippen molar-refractivity contribution in [3.63, 3.8) is 0 Å². The van der Waals surface area contributed by atoms with E-state index in [4.69, 9.17) is 4.74 Å². The third-order valence-electron chi connectivity index (χ3n) is 5.21. The van der Waals surface area contributed by atoms with Crippen molar-refractivity contribution in [2.45, 2.75) is 37.8 Å². The Labute approximate surface area is 151 Å². The van der Waals surface area contributed by atoms with Crippen LogP contribution in [0.2, 0.25) is 0 Å². The number of hydrogen-bond acceptors (Lipinski definition) is 3. The molecule has 0 bridgehead atoms. The molecule has 6 heteroatoms. The molecule has 2 aliphatic rings. The fourth-order valence-corrected chi connectivity index (χ4v) is 3.93. The molecule has 1 amide bonds. The lowest BCUT2D eigenvalue weighted by atomic mass is 9.98. The number of benzene rings is 1. The zero-order valence-corrected chi connectivity index (χ0v) is 14.4. The lowest BCUT2D eigenvalue weighted by Gasteiger charge is -2.38. The zero-order chi connectivity index (χ0) is 18.1. The summed E-state index contributed by atoms with van der Waals surface area (Å²) < 4.78 is 21.0. The van der Waals surface area contributed by atoms with Crippen molar-refractivity contribution >= 4 is 17.4 Å². The first-order valence-electron chi connectivity index (χ1n) is 9.01. The van der Waals surface area contributed by atoms with Gasteiger partial charge in [0.05, 0.1) is 5.69 Å². The molecule has 0 saturated carbocycles. The molecule has 1 atom stereocenters. The standard InChI is InChI=1S/C20H21FN2O3/c21-14-3-1-4-16(13-14)23(15-8-11-26-12-9-15)20(25)18-6-7-19(24)17-5-2-10-22(17)18/h1-5,10,13,15,18H,6-9,11-12H2. The van der Waals surface area contributed by atoms with Gasteiger partial charge in [-0.3, -0.25) is 9.59 Å². The van der Waals surface area contributed by atoms with E-state index >= 15 is 0 Å². The number of nitrogens with zero attached hydrogens (tertiary/aromatic N) is 2. The van der Waals surface area contributed by atoms with Gasteiger partial charge in [0.15, 0.2) is 5.78 Å². The second-order valence-electron chi connectivity index (χ2n) is 6.81. The number of ketones is 1. The van der Waals surface area contributed by atoms with Crippen molar-refractivity contribution in [1.29, 1.82) is 0 Å². The Balaban J connectivity index is 1.71.